The van der Waals surface area contributed by atoms with E-state index < -0.39 is 11.7 Å². The van der Waals surface area contributed by atoms with Crippen LogP contribution in [-0.2, 0) is 22.6 Å². The number of aliphatic hydroxyl groups excluding tert-OH is 1. The van der Waals surface area contributed by atoms with Crippen LogP contribution >= 0.6 is 11.3 Å². The summed E-state index contributed by atoms with van der Waals surface area (Å²) in [6.07, 6.45) is 2.15. The quantitative estimate of drug-likeness (QED) is 0.643. The number of aliphatic hydroxyl groups is 1. The Morgan fingerprint density at radius 3 is 2.79 bits per heavy atom. The van der Waals surface area contributed by atoms with Crippen molar-refractivity contribution in [3.8, 4) is 0 Å². The summed E-state index contributed by atoms with van der Waals surface area (Å²) in [5.74, 6) is -0.214. The molecular weight excluding hydrogens is 376 g/mol. The summed E-state index contributed by atoms with van der Waals surface area (Å²) in [7, 11) is 0. The van der Waals surface area contributed by atoms with Crippen LogP contribution < -0.4 is 5.32 Å². The Kier molecular flexibility index (Phi) is 5.06. The number of carbonyl (C=O) groups is 2. The number of benzene rings is 1. The molecular formula is C20H20N4O3S. The van der Waals surface area contributed by atoms with Crippen LogP contribution in [0.1, 0.15) is 29.0 Å². The van der Waals surface area contributed by atoms with Crippen LogP contribution in [0.4, 0.5) is 5.82 Å². The molecule has 7 nitrogen and oxygen atoms in total. The van der Waals surface area contributed by atoms with Crippen molar-refractivity contribution in [3.05, 3.63) is 52.7 Å². The first-order chi connectivity index (χ1) is 13.6. The second-order valence-corrected chi connectivity index (χ2v) is 7.81. The van der Waals surface area contributed by atoms with Crippen molar-refractivity contribution in [3.63, 3.8) is 0 Å². The molecule has 0 saturated heterocycles. The molecule has 144 valence electrons. The minimum absolute atomic E-state index is 0.0667. The van der Waals surface area contributed by atoms with Gasteiger partial charge in [-0.15, -0.1) is 11.3 Å². The highest BCUT2D eigenvalue weighted by Crippen LogP contribution is 2.38. The van der Waals surface area contributed by atoms with Gasteiger partial charge in [-0.3, -0.25) is 9.59 Å². The normalized spacial score (nSPS) is 14.6. The van der Waals surface area contributed by atoms with Gasteiger partial charge in [0.15, 0.2) is 0 Å². The van der Waals surface area contributed by atoms with Crippen LogP contribution in [0, 0.1) is 0 Å². The van der Waals surface area contributed by atoms with E-state index in [0.29, 0.717) is 25.3 Å². The molecule has 2 aromatic heterocycles. The fourth-order valence-corrected chi connectivity index (χ4v) is 4.72. The first kappa shape index (κ1) is 18.5. The van der Waals surface area contributed by atoms with Crippen molar-refractivity contribution in [2.24, 2.45) is 0 Å². The van der Waals surface area contributed by atoms with Gasteiger partial charge in [-0.25, -0.2) is 9.97 Å². The number of carbonyl (C=O) groups excluding carboxylic acids is 2. The highest BCUT2D eigenvalue weighted by molar-refractivity contribution is 7.19. The Morgan fingerprint density at radius 2 is 2.07 bits per heavy atom. The minimum atomic E-state index is -0.447. The highest BCUT2D eigenvalue weighted by Gasteiger charge is 2.28. The monoisotopic (exact) mass is 396 g/mol. The van der Waals surface area contributed by atoms with E-state index in [2.05, 4.69) is 15.3 Å². The van der Waals surface area contributed by atoms with Gasteiger partial charge in [0.2, 0.25) is 5.78 Å². The molecule has 1 aromatic carbocycles. The molecule has 8 heteroatoms. The van der Waals surface area contributed by atoms with E-state index in [9.17, 15) is 14.7 Å². The van der Waals surface area contributed by atoms with Crippen LogP contribution in [0.3, 0.4) is 0 Å². The summed E-state index contributed by atoms with van der Waals surface area (Å²) in [4.78, 5) is 35.7. The number of aromatic nitrogens is 2. The molecule has 28 heavy (non-hydrogen) atoms. The van der Waals surface area contributed by atoms with Gasteiger partial charge in [-0.2, -0.15) is 0 Å². The summed E-state index contributed by atoms with van der Waals surface area (Å²) in [5, 5.41) is 14.2. The van der Waals surface area contributed by atoms with Crippen LogP contribution in [0.25, 0.3) is 10.2 Å². The maximum Gasteiger partial charge on any atom is 0.289 e. The van der Waals surface area contributed by atoms with Gasteiger partial charge >= 0.3 is 0 Å². The average Bonchev–Trinajstić information content (AvgIpc) is 3.10. The topological polar surface area (TPSA) is 95.4 Å². The van der Waals surface area contributed by atoms with Crippen LogP contribution in [0.2, 0.25) is 0 Å². The van der Waals surface area contributed by atoms with Crippen molar-refractivity contribution >= 4 is 39.1 Å². The van der Waals surface area contributed by atoms with Crippen LogP contribution in [0.15, 0.2) is 36.7 Å². The van der Waals surface area contributed by atoms with Gasteiger partial charge < -0.3 is 15.3 Å². The molecule has 0 fully saturated rings. The van der Waals surface area contributed by atoms with Gasteiger partial charge in [-0.1, -0.05) is 30.3 Å². The van der Waals surface area contributed by atoms with E-state index in [1.54, 1.807) is 4.90 Å². The zero-order valence-corrected chi connectivity index (χ0v) is 16.2. The zero-order chi connectivity index (χ0) is 19.7. The molecule has 1 amide bonds. The number of anilines is 1. The van der Waals surface area contributed by atoms with Crippen LogP contribution in [-0.4, -0.2) is 44.8 Å². The number of amides is 1. The summed E-state index contributed by atoms with van der Waals surface area (Å²) in [6.45, 7) is 2.14. The molecule has 0 aliphatic carbocycles. The minimum Gasteiger partial charge on any atom is -0.394 e. The lowest BCUT2D eigenvalue weighted by atomic mass is 10.0. The molecule has 0 radical (unpaired) electrons. The van der Waals surface area contributed by atoms with Crippen LogP contribution in [0.5, 0.6) is 0 Å². The molecule has 3 heterocycles. The first-order valence-electron chi connectivity index (χ1n) is 9.06. The summed E-state index contributed by atoms with van der Waals surface area (Å²) >= 11 is 1.52. The second-order valence-electron chi connectivity index (χ2n) is 6.73. The number of rotatable bonds is 5. The van der Waals surface area contributed by atoms with Gasteiger partial charge in [0.25, 0.3) is 5.91 Å². The number of ketones is 1. The highest BCUT2D eigenvalue weighted by atomic mass is 32.1. The van der Waals surface area contributed by atoms with E-state index in [1.807, 2.05) is 30.3 Å². The predicted octanol–water partition coefficient (Wildman–Crippen LogP) is 2.31. The number of hydrogen-bond donors (Lipinski definition) is 2. The molecule has 2 N–H and O–H groups in total. The largest absolute Gasteiger partial charge is 0.394 e. The Morgan fingerprint density at radius 1 is 1.29 bits per heavy atom. The summed E-state index contributed by atoms with van der Waals surface area (Å²) in [6, 6.07) is 9.44. The Hall–Kier alpha value is -2.84. The van der Waals surface area contributed by atoms with Crippen molar-refractivity contribution in [1.29, 1.82) is 0 Å². The predicted molar refractivity (Wildman–Crippen MR) is 107 cm³/mol. The van der Waals surface area contributed by atoms with Gasteiger partial charge in [-0.05, 0) is 17.5 Å². The van der Waals surface area contributed by atoms with E-state index in [4.69, 9.17) is 0 Å². The third-order valence-corrected chi connectivity index (χ3v) is 6.05. The van der Waals surface area contributed by atoms with E-state index in [-0.39, 0.29) is 12.6 Å². The molecule has 1 aliphatic rings. The molecule has 0 bridgehead atoms. The lowest BCUT2D eigenvalue weighted by Gasteiger charge is -2.26. The fraction of sp³-hybridized carbons (Fsp3) is 0.300. The van der Waals surface area contributed by atoms with Gasteiger partial charge in [0.1, 0.15) is 17.0 Å². The standard InChI is InChI=1S/C20H20N4O3S/c1-12(26)20(27)24-8-7-14-16(9-24)28-19-17(14)18(21-11-22-19)23-15(10-25)13-5-3-2-4-6-13/h2-6,11,15,25H,7-10H2,1H3,(H,21,22,23). The molecule has 1 atom stereocenters. The maximum absolute atomic E-state index is 12.0. The molecule has 1 unspecified atom stereocenters. The third kappa shape index (κ3) is 3.36. The zero-order valence-electron chi connectivity index (χ0n) is 15.4. The van der Waals surface area contributed by atoms with Crippen molar-refractivity contribution in [2.75, 3.05) is 18.5 Å². The smallest absolute Gasteiger partial charge is 0.289 e. The first-order valence-corrected chi connectivity index (χ1v) is 9.87. The van der Waals surface area contributed by atoms with Gasteiger partial charge in [0, 0.05) is 18.3 Å². The van der Waals surface area contributed by atoms with Crippen molar-refractivity contribution < 1.29 is 14.7 Å². The molecule has 4 rings (SSSR count). The average molecular weight is 396 g/mol. The third-order valence-electron chi connectivity index (χ3n) is 4.92. The Balaban J connectivity index is 1.68. The number of nitrogens with zero attached hydrogens (tertiary/aromatic N) is 3. The van der Waals surface area contributed by atoms with Crippen molar-refractivity contribution in [2.45, 2.75) is 25.9 Å². The lowest BCUT2D eigenvalue weighted by molar-refractivity contribution is -0.144. The van der Waals surface area contributed by atoms with E-state index in [1.165, 1.54) is 24.6 Å². The fourth-order valence-electron chi connectivity index (χ4n) is 3.52. The number of Topliss-reactive ketones (excluding diaryl/α,β-unsaturated/α-hetero) is 1. The number of nitrogens with one attached hydrogen (secondary N) is 1. The summed E-state index contributed by atoms with van der Waals surface area (Å²) in [5.41, 5.74) is 2.08. The number of hydrogen-bond acceptors (Lipinski definition) is 7. The van der Waals surface area contributed by atoms with Gasteiger partial charge in [0.05, 0.1) is 24.6 Å². The van der Waals surface area contributed by atoms with E-state index in [0.717, 1.165) is 26.2 Å². The number of fused-ring (bicyclic) bond motifs is 3. The van der Waals surface area contributed by atoms with Crippen molar-refractivity contribution in [1.82, 2.24) is 14.9 Å². The Bertz CT molecular complexity index is 1030. The second kappa shape index (κ2) is 7.65. The molecule has 0 saturated carbocycles. The number of thiophene rings is 1. The lowest BCUT2D eigenvalue weighted by Crippen LogP contribution is -2.38. The molecule has 1 aliphatic heterocycles. The Labute approximate surface area is 166 Å². The molecule has 3 aromatic rings. The molecule has 0 spiro atoms. The SMILES string of the molecule is CC(=O)C(=O)N1CCc2c(sc3ncnc(NC(CO)c4ccccc4)c23)C1. The maximum atomic E-state index is 12.0. The van der Waals surface area contributed by atoms with E-state index >= 15 is 0 Å². The summed E-state index contributed by atoms with van der Waals surface area (Å²) < 4.78 is 0.